The minimum absolute atomic E-state index is 0.00810. The van der Waals surface area contributed by atoms with Gasteiger partial charge in [0.2, 0.25) is 0 Å². The fourth-order valence-corrected chi connectivity index (χ4v) is 0.545. The van der Waals surface area contributed by atoms with Crippen molar-refractivity contribution in [1.82, 2.24) is 0 Å². The highest BCUT2D eigenvalue weighted by atomic mass is 16.3. The molecule has 0 aliphatic carbocycles. The first-order valence-electron chi connectivity index (χ1n) is 2.83. The van der Waals surface area contributed by atoms with Crippen molar-refractivity contribution in [2.75, 3.05) is 6.61 Å². The lowest BCUT2D eigenvalue weighted by atomic mass is 10.0. The lowest BCUT2D eigenvalue weighted by Crippen LogP contribution is -2.13. The predicted octanol–water partition coefficient (Wildman–Crippen LogP) is 0.594. The van der Waals surface area contributed by atoms with E-state index in [1.54, 1.807) is 0 Å². The second-order valence-electron chi connectivity index (χ2n) is 1.90. The summed E-state index contributed by atoms with van der Waals surface area (Å²) in [6.45, 7) is 3.39. The molecular weight excluding hydrogens is 104 g/mol. The lowest BCUT2D eigenvalue weighted by molar-refractivity contribution is -0.121. The van der Waals surface area contributed by atoms with Crippen LogP contribution in [0.1, 0.15) is 20.3 Å². The largest absolute Gasteiger partial charge is 0.396 e. The monoisotopic (exact) mass is 116 g/mol. The average molecular weight is 116 g/mol. The zero-order valence-corrected chi connectivity index (χ0v) is 5.35. The van der Waals surface area contributed by atoms with Gasteiger partial charge in [0.1, 0.15) is 5.78 Å². The number of rotatable bonds is 3. The molecule has 0 aromatic heterocycles. The Morgan fingerprint density at radius 3 is 2.25 bits per heavy atom. The first-order valence-corrected chi connectivity index (χ1v) is 2.83. The summed E-state index contributed by atoms with van der Waals surface area (Å²) in [5.41, 5.74) is 0. The highest BCUT2D eigenvalue weighted by Gasteiger charge is 2.07. The summed E-state index contributed by atoms with van der Waals surface area (Å²) in [5.74, 6) is -0.0509. The van der Waals surface area contributed by atoms with Gasteiger partial charge in [0, 0.05) is 5.92 Å². The summed E-state index contributed by atoms with van der Waals surface area (Å²) in [4.78, 5) is 10.4. The van der Waals surface area contributed by atoms with Gasteiger partial charge in [-0.1, -0.05) is 6.92 Å². The predicted molar refractivity (Wildman–Crippen MR) is 31.5 cm³/mol. The van der Waals surface area contributed by atoms with Crippen LogP contribution in [0.25, 0.3) is 0 Å². The van der Waals surface area contributed by atoms with E-state index in [9.17, 15) is 4.79 Å². The Labute approximate surface area is 49.5 Å². The third-order valence-corrected chi connectivity index (χ3v) is 1.29. The molecule has 8 heavy (non-hydrogen) atoms. The van der Waals surface area contributed by atoms with E-state index >= 15 is 0 Å². The van der Waals surface area contributed by atoms with Gasteiger partial charge in [0.25, 0.3) is 0 Å². The van der Waals surface area contributed by atoms with Crippen molar-refractivity contribution in [2.24, 2.45) is 5.92 Å². The van der Waals surface area contributed by atoms with Crippen LogP contribution in [0, 0.1) is 5.92 Å². The number of ketones is 1. The Kier molecular flexibility index (Phi) is 3.44. The maximum Gasteiger partial charge on any atom is 0.135 e. The fraction of sp³-hybridized carbons (Fsp3) is 0.833. The topological polar surface area (TPSA) is 37.3 Å². The summed E-state index contributed by atoms with van der Waals surface area (Å²) in [6, 6.07) is 0. The summed E-state index contributed by atoms with van der Waals surface area (Å²) < 4.78 is 0. The summed E-state index contributed by atoms with van der Waals surface area (Å²) >= 11 is 0. The van der Waals surface area contributed by atoms with E-state index in [1.165, 1.54) is 6.92 Å². The lowest BCUT2D eigenvalue weighted by Gasteiger charge is -2.03. The van der Waals surface area contributed by atoms with Gasteiger partial charge in [-0.2, -0.15) is 0 Å². The van der Waals surface area contributed by atoms with Gasteiger partial charge in [-0.15, -0.1) is 0 Å². The van der Waals surface area contributed by atoms with Gasteiger partial charge in [0.05, 0.1) is 6.61 Å². The van der Waals surface area contributed by atoms with Crippen molar-refractivity contribution in [2.45, 2.75) is 20.3 Å². The molecule has 0 rings (SSSR count). The van der Waals surface area contributed by atoms with E-state index in [4.69, 9.17) is 5.11 Å². The van der Waals surface area contributed by atoms with Gasteiger partial charge < -0.3 is 5.11 Å². The van der Waals surface area contributed by atoms with Gasteiger partial charge in [-0.05, 0) is 13.3 Å². The van der Waals surface area contributed by atoms with Crippen LogP contribution in [0.3, 0.4) is 0 Å². The van der Waals surface area contributed by atoms with E-state index in [-0.39, 0.29) is 18.3 Å². The van der Waals surface area contributed by atoms with Gasteiger partial charge in [-0.3, -0.25) is 4.79 Å². The molecule has 1 atom stereocenters. The van der Waals surface area contributed by atoms with E-state index in [0.717, 1.165) is 6.42 Å². The number of Topliss-reactive ketones (excluding diaryl/α,β-unsaturated/α-hetero) is 1. The Morgan fingerprint density at radius 1 is 1.75 bits per heavy atom. The third-order valence-electron chi connectivity index (χ3n) is 1.29. The molecule has 0 aromatic rings. The van der Waals surface area contributed by atoms with Crippen molar-refractivity contribution in [3.63, 3.8) is 0 Å². The minimum atomic E-state index is -0.130. The Morgan fingerprint density at radius 2 is 2.25 bits per heavy atom. The molecule has 2 heteroatoms. The molecule has 0 aliphatic rings. The molecule has 0 aliphatic heterocycles. The molecule has 48 valence electrons. The van der Waals surface area contributed by atoms with Crippen LogP contribution in [0.4, 0.5) is 0 Å². The molecule has 0 bridgehead atoms. The van der Waals surface area contributed by atoms with E-state index in [1.807, 2.05) is 6.92 Å². The number of hydrogen-bond donors (Lipinski definition) is 1. The van der Waals surface area contributed by atoms with Crippen LogP contribution in [-0.2, 0) is 4.79 Å². The van der Waals surface area contributed by atoms with E-state index in [2.05, 4.69) is 0 Å². The maximum atomic E-state index is 10.4. The molecule has 0 saturated heterocycles. The van der Waals surface area contributed by atoms with E-state index in [0.29, 0.717) is 0 Å². The third kappa shape index (κ3) is 2.07. The fourth-order valence-electron chi connectivity index (χ4n) is 0.545. The molecule has 0 fully saturated rings. The Balaban J connectivity index is 3.52. The van der Waals surface area contributed by atoms with Crippen LogP contribution < -0.4 is 0 Å². The van der Waals surface area contributed by atoms with Crippen LogP contribution in [0.5, 0.6) is 0 Å². The van der Waals surface area contributed by atoms with Crippen molar-refractivity contribution in [3.8, 4) is 0 Å². The first kappa shape index (κ1) is 7.63. The first-order chi connectivity index (χ1) is 3.72. The number of carbonyl (C=O) groups excluding carboxylic acids is 1. The smallest absolute Gasteiger partial charge is 0.135 e. The molecule has 0 spiro atoms. The quantitative estimate of drug-likeness (QED) is 0.586. The molecule has 2 nitrogen and oxygen atoms in total. The van der Waals surface area contributed by atoms with Crippen LogP contribution in [0.2, 0.25) is 0 Å². The second-order valence-corrected chi connectivity index (χ2v) is 1.90. The molecule has 0 saturated carbocycles. The molecular formula is C6H12O2. The van der Waals surface area contributed by atoms with Crippen LogP contribution >= 0.6 is 0 Å². The average Bonchev–Trinajstić information content (AvgIpc) is 1.69. The van der Waals surface area contributed by atoms with E-state index < -0.39 is 0 Å². The summed E-state index contributed by atoms with van der Waals surface area (Å²) in [5, 5.41) is 8.48. The zero-order chi connectivity index (χ0) is 6.57. The van der Waals surface area contributed by atoms with Crippen molar-refractivity contribution in [3.05, 3.63) is 0 Å². The SMILES string of the molecule is CCC(CO)C(C)=O. The van der Waals surface area contributed by atoms with Crippen LogP contribution in [0.15, 0.2) is 0 Å². The second kappa shape index (κ2) is 3.61. The highest BCUT2D eigenvalue weighted by Crippen LogP contribution is 2.00. The molecule has 0 radical (unpaired) electrons. The Hall–Kier alpha value is -0.370. The highest BCUT2D eigenvalue weighted by molar-refractivity contribution is 5.78. The van der Waals surface area contributed by atoms with Gasteiger partial charge in [0.15, 0.2) is 0 Å². The molecule has 0 aromatic carbocycles. The number of carbonyl (C=O) groups is 1. The number of aliphatic hydroxyl groups is 1. The van der Waals surface area contributed by atoms with Crippen LogP contribution in [-0.4, -0.2) is 17.5 Å². The normalized spacial score (nSPS) is 13.4. The summed E-state index contributed by atoms with van der Waals surface area (Å²) in [7, 11) is 0. The summed E-state index contributed by atoms with van der Waals surface area (Å²) in [6.07, 6.45) is 0.742. The van der Waals surface area contributed by atoms with Crippen molar-refractivity contribution in [1.29, 1.82) is 0 Å². The Bertz CT molecular complexity index is 74.6. The van der Waals surface area contributed by atoms with Crippen molar-refractivity contribution >= 4 is 5.78 Å². The minimum Gasteiger partial charge on any atom is -0.396 e. The standard InChI is InChI=1S/C6H12O2/c1-3-6(4-7)5(2)8/h6-7H,3-4H2,1-2H3. The van der Waals surface area contributed by atoms with Gasteiger partial charge >= 0.3 is 0 Å². The van der Waals surface area contributed by atoms with Crippen molar-refractivity contribution < 1.29 is 9.90 Å². The number of aliphatic hydroxyl groups excluding tert-OH is 1. The molecule has 1 N–H and O–H groups in total. The molecule has 1 unspecified atom stereocenters. The zero-order valence-electron chi connectivity index (χ0n) is 5.35. The van der Waals surface area contributed by atoms with Gasteiger partial charge in [-0.25, -0.2) is 0 Å². The maximum absolute atomic E-state index is 10.4. The number of hydrogen-bond acceptors (Lipinski definition) is 2. The molecule has 0 amide bonds. The molecule has 0 heterocycles.